The van der Waals surface area contributed by atoms with Crippen LogP contribution < -0.4 is 11.1 Å². The molecule has 0 aliphatic heterocycles. The highest BCUT2D eigenvalue weighted by molar-refractivity contribution is 5.53. The van der Waals surface area contributed by atoms with Crippen molar-refractivity contribution in [1.82, 2.24) is 9.97 Å². The van der Waals surface area contributed by atoms with Crippen LogP contribution in [0.3, 0.4) is 0 Å². The van der Waals surface area contributed by atoms with Gasteiger partial charge in [0.25, 0.3) is 0 Å². The molecule has 2 atom stereocenters. The van der Waals surface area contributed by atoms with Gasteiger partial charge >= 0.3 is 5.69 Å². The molecule has 0 amide bonds. The molecule has 0 radical (unpaired) electrons. The van der Waals surface area contributed by atoms with Crippen molar-refractivity contribution in [3.63, 3.8) is 0 Å². The van der Waals surface area contributed by atoms with E-state index in [4.69, 9.17) is 5.73 Å². The van der Waals surface area contributed by atoms with E-state index in [0.717, 1.165) is 12.7 Å². The van der Waals surface area contributed by atoms with E-state index in [2.05, 4.69) is 39.6 Å². The van der Waals surface area contributed by atoms with Crippen LogP contribution in [-0.4, -0.2) is 21.4 Å². The zero-order valence-electron chi connectivity index (χ0n) is 13.2. The minimum absolute atomic E-state index is 0.106. The van der Waals surface area contributed by atoms with Gasteiger partial charge in [-0.3, -0.25) is 10.1 Å². The van der Waals surface area contributed by atoms with E-state index in [9.17, 15) is 10.1 Å². The van der Waals surface area contributed by atoms with E-state index < -0.39 is 4.92 Å². The highest BCUT2D eigenvalue weighted by Crippen LogP contribution is 2.60. The standard InChI is InChI=1S/C17H19N5O2/c18-15-14(22(23)24)10-20-16(21-15)19-9-12-8-17(12)7-3-5-11-4-1-2-6-13(11)17/h1-2,4,6,10,12H,3,5,7-9H2,(H3,18,19,20,21). The maximum atomic E-state index is 10.8. The number of hydrogen-bond acceptors (Lipinski definition) is 6. The van der Waals surface area contributed by atoms with Crippen molar-refractivity contribution in [2.75, 3.05) is 17.6 Å². The van der Waals surface area contributed by atoms with E-state index in [1.165, 1.54) is 36.8 Å². The van der Waals surface area contributed by atoms with Crippen LogP contribution in [0.25, 0.3) is 0 Å². The Balaban J connectivity index is 1.46. The third kappa shape index (κ3) is 2.36. The normalized spacial score (nSPS) is 24.4. The van der Waals surface area contributed by atoms with Gasteiger partial charge in [0.15, 0.2) is 0 Å². The molecule has 1 aromatic carbocycles. The first-order chi connectivity index (χ1) is 11.6. The average molecular weight is 325 g/mol. The van der Waals surface area contributed by atoms with Gasteiger partial charge in [-0.2, -0.15) is 4.98 Å². The summed E-state index contributed by atoms with van der Waals surface area (Å²) < 4.78 is 0. The Labute approximate surface area is 139 Å². The first-order valence-corrected chi connectivity index (χ1v) is 8.19. The van der Waals surface area contributed by atoms with Crippen molar-refractivity contribution in [2.24, 2.45) is 5.92 Å². The van der Waals surface area contributed by atoms with Crippen molar-refractivity contribution < 1.29 is 4.92 Å². The molecular weight excluding hydrogens is 306 g/mol. The smallest absolute Gasteiger partial charge is 0.329 e. The predicted octanol–water partition coefficient (Wildman–Crippen LogP) is 2.67. The SMILES string of the molecule is Nc1nc(NCC2CC23CCCc2ccccc23)ncc1[N+](=O)[O-]. The van der Waals surface area contributed by atoms with Crippen LogP contribution >= 0.6 is 0 Å². The van der Waals surface area contributed by atoms with E-state index in [-0.39, 0.29) is 16.9 Å². The number of nitrogen functional groups attached to an aromatic ring is 1. The lowest BCUT2D eigenvalue weighted by Gasteiger charge is -2.26. The molecule has 2 aliphatic rings. The number of hydrogen-bond donors (Lipinski definition) is 2. The minimum Gasteiger partial charge on any atom is -0.378 e. The number of nitro groups is 1. The quantitative estimate of drug-likeness (QED) is 0.661. The summed E-state index contributed by atoms with van der Waals surface area (Å²) in [5.74, 6) is 0.786. The molecule has 2 aliphatic carbocycles. The number of aromatic nitrogens is 2. The van der Waals surface area contributed by atoms with Crippen LogP contribution in [0.2, 0.25) is 0 Å². The summed E-state index contributed by atoms with van der Waals surface area (Å²) in [4.78, 5) is 18.2. The Kier molecular flexibility index (Phi) is 3.37. The maximum Gasteiger partial charge on any atom is 0.329 e. The number of anilines is 2. The summed E-state index contributed by atoms with van der Waals surface area (Å²) in [6, 6.07) is 8.73. The van der Waals surface area contributed by atoms with Gasteiger partial charge in [-0.05, 0) is 42.7 Å². The molecule has 1 heterocycles. The van der Waals surface area contributed by atoms with E-state index in [1.54, 1.807) is 0 Å². The van der Waals surface area contributed by atoms with Crippen molar-refractivity contribution >= 4 is 17.5 Å². The second kappa shape index (κ2) is 5.43. The lowest BCUT2D eigenvalue weighted by atomic mass is 9.78. The van der Waals surface area contributed by atoms with Gasteiger partial charge in [-0.25, -0.2) is 4.98 Å². The fourth-order valence-electron chi connectivity index (χ4n) is 4.07. The average Bonchev–Trinajstić information content (AvgIpc) is 3.26. The molecule has 1 aromatic heterocycles. The molecule has 24 heavy (non-hydrogen) atoms. The number of nitrogens with zero attached hydrogens (tertiary/aromatic N) is 3. The molecule has 7 nitrogen and oxygen atoms in total. The Bertz CT molecular complexity index is 809. The van der Waals surface area contributed by atoms with Crippen LogP contribution in [0.5, 0.6) is 0 Å². The van der Waals surface area contributed by atoms with Crippen molar-refractivity contribution in [2.45, 2.75) is 31.1 Å². The summed E-state index contributed by atoms with van der Waals surface area (Å²) in [5.41, 5.74) is 8.60. The second-order valence-electron chi connectivity index (χ2n) is 6.67. The second-order valence-corrected chi connectivity index (χ2v) is 6.67. The molecule has 2 aromatic rings. The van der Waals surface area contributed by atoms with E-state index in [1.807, 2.05) is 0 Å². The van der Waals surface area contributed by atoms with Gasteiger partial charge in [0.1, 0.15) is 6.20 Å². The summed E-state index contributed by atoms with van der Waals surface area (Å²) in [7, 11) is 0. The van der Waals surface area contributed by atoms with E-state index in [0.29, 0.717) is 11.9 Å². The first kappa shape index (κ1) is 14.9. The largest absolute Gasteiger partial charge is 0.378 e. The Morgan fingerprint density at radius 3 is 3.04 bits per heavy atom. The van der Waals surface area contributed by atoms with Gasteiger partial charge < -0.3 is 11.1 Å². The van der Waals surface area contributed by atoms with Gasteiger partial charge in [0.2, 0.25) is 11.8 Å². The fourth-order valence-corrected chi connectivity index (χ4v) is 4.07. The van der Waals surface area contributed by atoms with Gasteiger partial charge in [0.05, 0.1) is 4.92 Å². The van der Waals surface area contributed by atoms with Crippen LogP contribution in [0.1, 0.15) is 30.4 Å². The molecule has 0 bridgehead atoms. The lowest BCUT2D eigenvalue weighted by Crippen LogP contribution is -2.21. The van der Waals surface area contributed by atoms with Gasteiger partial charge in [0, 0.05) is 12.0 Å². The molecule has 7 heteroatoms. The number of nitrogens with one attached hydrogen (secondary N) is 1. The van der Waals surface area contributed by atoms with Crippen LogP contribution in [0.4, 0.5) is 17.5 Å². The van der Waals surface area contributed by atoms with E-state index >= 15 is 0 Å². The highest BCUT2D eigenvalue weighted by atomic mass is 16.6. The molecule has 124 valence electrons. The summed E-state index contributed by atoms with van der Waals surface area (Å²) >= 11 is 0. The van der Waals surface area contributed by atoms with Gasteiger partial charge in [-0.15, -0.1) is 0 Å². The number of fused-ring (bicyclic) bond motifs is 2. The van der Waals surface area contributed by atoms with Gasteiger partial charge in [-0.1, -0.05) is 24.3 Å². The summed E-state index contributed by atoms with van der Waals surface area (Å²) in [5, 5.41) is 13.9. The molecule has 3 N–H and O–H groups in total. The molecule has 2 unspecified atom stereocenters. The molecule has 1 saturated carbocycles. The Hall–Kier alpha value is -2.70. The zero-order chi connectivity index (χ0) is 16.7. The molecular formula is C17H19N5O2. The monoisotopic (exact) mass is 325 g/mol. The summed E-state index contributed by atoms with van der Waals surface area (Å²) in [6.07, 6.45) is 5.94. The van der Waals surface area contributed by atoms with Crippen molar-refractivity contribution in [1.29, 1.82) is 0 Å². The summed E-state index contributed by atoms with van der Waals surface area (Å²) in [6.45, 7) is 0.756. The zero-order valence-corrected chi connectivity index (χ0v) is 13.2. The number of benzene rings is 1. The Morgan fingerprint density at radius 2 is 2.25 bits per heavy atom. The number of rotatable bonds is 4. The molecule has 0 saturated heterocycles. The molecule has 4 rings (SSSR count). The lowest BCUT2D eigenvalue weighted by molar-refractivity contribution is -0.384. The highest BCUT2D eigenvalue weighted by Gasteiger charge is 2.56. The topological polar surface area (TPSA) is 107 Å². The molecule has 1 fully saturated rings. The maximum absolute atomic E-state index is 10.8. The number of aryl methyl sites for hydroxylation is 1. The van der Waals surface area contributed by atoms with Crippen LogP contribution in [-0.2, 0) is 11.8 Å². The molecule has 1 spiro atoms. The Morgan fingerprint density at radius 1 is 1.42 bits per heavy atom. The minimum atomic E-state index is -0.575. The van der Waals surface area contributed by atoms with Crippen LogP contribution in [0, 0.1) is 16.0 Å². The van der Waals surface area contributed by atoms with Crippen molar-refractivity contribution in [3.8, 4) is 0 Å². The van der Waals surface area contributed by atoms with Crippen molar-refractivity contribution in [3.05, 3.63) is 51.7 Å². The number of nitrogens with two attached hydrogens (primary N) is 1. The third-order valence-corrected chi connectivity index (χ3v) is 5.36. The third-order valence-electron chi connectivity index (χ3n) is 5.36. The first-order valence-electron chi connectivity index (χ1n) is 8.19. The fraction of sp³-hybridized carbons (Fsp3) is 0.412. The predicted molar refractivity (Wildman–Crippen MR) is 90.8 cm³/mol. The van der Waals surface area contributed by atoms with Crippen LogP contribution in [0.15, 0.2) is 30.5 Å².